The fourth-order valence-corrected chi connectivity index (χ4v) is 3.05. The van der Waals surface area contributed by atoms with Gasteiger partial charge < -0.3 is 30.5 Å². The summed E-state index contributed by atoms with van der Waals surface area (Å²) in [5.41, 5.74) is 0.169. The molecule has 0 saturated heterocycles. The van der Waals surface area contributed by atoms with Gasteiger partial charge in [-0.25, -0.2) is 8.78 Å². The summed E-state index contributed by atoms with van der Waals surface area (Å²) in [7, 11) is 1.34. The summed E-state index contributed by atoms with van der Waals surface area (Å²) < 4.78 is 63.9. The molecule has 210 valence electrons. The van der Waals surface area contributed by atoms with Crippen molar-refractivity contribution in [1.82, 2.24) is 10.6 Å². The van der Waals surface area contributed by atoms with E-state index in [1.807, 2.05) is 0 Å². The molecule has 2 rings (SSSR count). The smallest absolute Gasteiger partial charge is 0.313 e. The van der Waals surface area contributed by atoms with Crippen molar-refractivity contribution in [3.8, 4) is 11.5 Å². The van der Waals surface area contributed by atoms with Crippen molar-refractivity contribution in [2.45, 2.75) is 31.8 Å². The number of amides is 3. The van der Waals surface area contributed by atoms with Gasteiger partial charge in [0.25, 0.3) is 0 Å². The van der Waals surface area contributed by atoms with Crippen molar-refractivity contribution in [2.75, 3.05) is 19.0 Å². The van der Waals surface area contributed by atoms with E-state index >= 15 is 0 Å². The molecule has 2 atom stereocenters. The van der Waals surface area contributed by atoms with Crippen molar-refractivity contribution >= 4 is 35.2 Å². The van der Waals surface area contributed by atoms with Crippen LogP contribution in [0.2, 0.25) is 0 Å². The van der Waals surface area contributed by atoms with Gasteiger partial charge in [-0.3, -0.25) is 24.0 Å². The molecule has 15 heteroatoms. The van der Waals surface area contributed by atoms with Crippen molar-refractivity contribution in [1.29, 1.82) is 0 Å². The van der Waals surface area contributed by atoms with Gasteiger partial charge in [0.1, 0.15) is 18.4 Å². The number of halogens is 4. The number of ether oxygens (including phenoxy) is 2. The normalized spacial score (nSPS) is 12.1. The van der Waals surface area contributed by atoms with Crippen LogP contribution in [0.15, 0.2) is 30.3 Å². The average Bonchev–Trinajstić information content (AvgIpc) is 2.89. The minimum absolute atomic E-state index is 0.0679. The molecule has 2 aromatic carbocycles. The second-order valence-corrected chi connectivity index (χ2v) is 7.90. The molecule has 2 aromatic rings. The van der Waals surface area contributed by atoms with Crippen LogP contribution in [0.3, 0.4) is 0 Å². The number of ketones is 1. The molecule has 4 N–H and O–H groups in total. The summed E-state index contributed by atoms with van der Waals surface area (Å²) >= 11 is 0. The van der Waals surface area contributed by atoms with Crippen LogP contribution >= 0.6 is 0 Å². The summed E-state index contributed by atoms with van der Waals surface area (Å²) in [4.78, 5) is 60.5. The molecule has 0 radical (unpaired) electrons. The number of rotatable bonds is 12. The van der Waals surface area contributed by atoms with Gasteiger partial charge in [-0.1, -0.05) is 12.1 Å². The number of carbonyl (C=O) groups excluding carboxylic acids is 4. The van der Waals surface area contributed by atoms with E-state index in [1.54, 1.807) is 12.1 Å². The number of carboxylic acids is 1. The molecule has 0 unspecified atom stereocenters. The Bertz CT molecular complexity index is 1250. The van der Waals surface area contributed by atoms with Gasteiger partial charge in [0.05, 0.1) is 18.8 Å². The van der Waals surface area contributed by atoms with E-state index in [4.69, 9.17) is 9.84 Å². The molecule has 0 aliphatic heterocycles. The number of Topliss-reactive ketones (excluding diaryl/α,β-unsaturated/α-hetero) is 1. The van der Waals surface area contributed by atoms with Gasteiger partial charge >= 0.3 is 17.8 Å². The number of carboxylic acid groups (broad SMARTS) is 1. The third-order valence-corrected chi connectivity index (χ3v) is 5.08. The first-order valence-electron chi connectivity index (χ1n) is 11.1. The number of nitrogens with one attached hydrogen (secondary N) is 3. The Kier molecular flexibility index (Phi) is 10.8. The van der Waals surface area contributed by atoms with Crippen LogP contribution < -0.4 is 25.4 Å². The molecule has 0 aromatic heterocycles. The van der Waals surface area contributed by atoms with E-state index in [-0.39, 0.29) is 17.5 Å². The van der Waals surface area contributed by atoms with Crippen molar-refractivity contribution < 1.29 is 56.1 Å². The highest BCUT2D eigenvalue weighted by Crippen LogP contribution is 2.26. The molecule has 3 amide bonds. The van der Waals surface area contributed by atoms with E-state index in [9.17, 15) is 41.5 Å². The Balaban J connectivity index is 2.05. The third-order valence-electron chi connectivity index (χ3n) is 5.08. The topological polar surface area (TPSA) is 160 Å². The van der Waals surface area contributed by atoms with Gasteiger partial charge in [-0.15, -0.1) is 0 Å². The predicted molar refractivity (Wildman–Crippen MR) is 125 cm³/mol. The van der Waals surface area contributed by atoms with E-state index in [2.05, 4.69) is 20.7 Å². The molecule has 39 heavy (non-hydrogen) atoms. The Hall–Kier alpha value is -4.69. The van der Waals surface area contributed by atoms with Crippen LogP contribution in [-0.4, -0.2) is 60.4 Å². The van der Waals surface area contributed by atoms with E-state index < -0.39 is 90.0 Å². The van der Waals surface area contributed by atoms with Crippen LogP contribution in [0.25, 0.3) is 0 Å². The molecular weight excluding hydrogens is 534 g/mol. The number of aliphatic carboxylic acids is 1. The molecular formula is C24H23F4N3O8. The molecule has 0 bridgehead atoms. The highest BCUT2D eigenvalue weighted by Gasteiger charge is 2.28. The van der Waals surface area contributed by atoms with E-state index in [1.165, 1.54) is 19.2 Å². The maximum Gasteiger partial charge on any atom is 0.313 e. The number of anilines is 1. The van der Waals surface area contributed by atoms with Crippen LogP contribution in [0.5, 0.6) is 11.5 Å². The Labute approximate surface area is 218 Å². The molecule has 0 spiro atoms. The Morgan fingerprint density at radius 3 is 2.15 bits per heavy atom. The molecule has 0 fully saturated rings. The summed E-state index contributed by atoms with van der Waals surface area (Å²) in [5, 5.41) is 15.4. The molecule has 0 aliphatic rings. The Morgan fingerprint density at radius 1 is 0.949 bits per heavy atom. The van der Waals surface area contributed by atoms with E-state index in [0.29, 0.717) is 0 Å². The zero-order chi connectivity index (χ0) is 29.3. The van der Waals surface area contributed by atoms with Gasteiger partial charge in [0.15, 0.2) is 23.2 Å². The third kappa shape index (κ3) is 8.41. The maximum atomic E-state index is 13.8. The highest BCUT2D eigenvalue weighted by atomic mass is 19.2. The minimum atomic E-state index is -1.91. The summed E-state index contributed by atoms with van der Waals surface area (Å²) in [6.07, 6.45) is -1.16. The molecule has 0 heterocycles. The zero-order valence-corrected chi connectivity index (χ0v) is 20.5. The van der Waals surface area contributed by atoms with Gasteiger partial charge in [0, 0.05) is 12.5 Å². The molecule has 11 nitrogen and oxygen atoms in total. The van der Waals surface area contributed by atoms with Gasteiger partial charge in [0.2, 0.25) is 17.5 Å². The number of para-hydroxylation sites is 2. The predicted octanol–water partition coefficient (Wildman–Crippen LogP) is 1.69. The fourth-order valence-electron chi connectivity index (χ4n) is 3.05. The quantitative estimate of drug-likeness (QED) is 0.174. The second-order valence-electron chi connectivity index (χ2n) is 7.90. The average molecular weight is 557 g/mol. The maximum absolute atomic E-state index is 13.8. The molecule has 0 aliphatic carbocycles. The summed E-state index contributed by atoms with van der Waals surface area (Å²) in [5.74, 6) is -14.5. The lowest BCUT2D eigenvalue weighted by Gasteiger charge is -2.20. The number of benzene rings is 2. The first kappa shape index (κ1) is 30.5. The standard InChI is InChI=1S/C24H23F4N3O8/c1-11(29-23(36)24(37)31-15-5-3-4-6-17(15)38-2)22(35)30-14(7-8-18(33)34)16(32)10-39-21-19(27)12(25)9-13(26)20(21)28/h3-6,9,11,14H,7-8,10H2,1-2H3,(H,29,36)(H,30,35)(H,31,37)(H,33,34)/t11-,14-/m0/s1. The van der Waals surface area contributed by atoms with Crippen molar-refractivity contribution in [3.05, 3.63) is 53.6 Å². The monoisotopic (exact) mass is 557 g/mol. The second kappa shape index (κ2) is 13.7. The van der Waals surface area contributed by atoms with Gasteiger partial charge in [-0.2, -0.15) is 8.78 Å². The Morgan fingerprint density at radius 2 is 1.56 bits per heavy atom. The summed E-state index contributed by atoms with van der Waals surface area (Å²) in [6.45, 7) is -0.0531. The van der Waals surface area contributed by atoms with Crippen LogP contribution in [0, 0.1) is 23.3 Å². The zero-order valence-electron chi connectivity index (χ0n) is 20.5. The van der Waals surface area contributed by atoms with Crippen molar-refractivity contribution in [2.24, 2.45) is 0 Å². The van der Waals surface area contributed by atoms with Crippen LogP contribution in [0.4, 0.5) is 23.2 Å². The van der Waals surface area contributed by atoms with Crippen LogP contribution in [-0.2, 0) is 24.0 Å². The number of methoxy groups -OCH3 is 1. The first-order valence-corrected chi connectivity index (χ1v) is 11.1. The highest BCUT2D eigenvalue weighted by molar-refractivity contribution is 6.40. The largest absolute Gasteiger partial charge is 0.495 e. The van der Waals surface area contributed by atoms with Gasteiger partial charge in [-0.05, 0) is 25.5 Å². The number of hydrogen-bond acceptors (Lipinski definition) is 7. The lowest BCUT2D eigenvalue weighted by Crippen LogP contribution is -2.52. The van der Waals surface area contributed by atoms with E-state index in [0.717, 1.165) is 6.92 Å². The molecule has 0 saturated carbocycles. The number of hydrogen-bond donors (Lipinski definition) is 4. The lowest BCUT2D eigenvalue weighted by molar-refractivity contribution is -0.139. The van der Waals surface area contributed by atoms with Crippen molar-refractivity contribution in [3.63, 3.8) is 0 Å². The fraction of sp³-hybridized carbons (Fsp3) is 0.292. The minimum Gasteiger partial charge on any atom is -0.495 e. The first-order chi connectivity index (χ1) is 18.3. The lowest BCUT2D eigenvalue weighted by atomic mass is 10.1. The number of carbonyl (C=O) groups is 5. The van der Waals surface area contributed by atoms with Crippen LogP contribution in [0.1, 0.15) is 19.8 Å². The SMILES string of the molecule is COc1ccccc1NC(=O)C(=O)N[C@@H](C)C(=O)N[C@@H](CCC(=O)O)C(=O)COc1c(F)c(F)cc(F)c1F. The summed E-state index contributed by atoms with van der Waals surface area (Å²) in [6, 6.07) is 3.07.